The molecule has 3 heterocycles. The van der Waals surface area contributed by atoms with E-state index in [2.05, 4.69) is 19.9 Å². The normalized spacial score (nSPS) is 14.6. The van der Waals surface area contributed by atoms with Gasteiger partial charge in [0.1, 0.15) is 5.82 Å². The van der Waals surface area contributed by atoms with E-state index >= 15 is 0 Å². The van der Waals surface area contributed by atoms with Crippen molar-refractivity contribution < 1.29 is 4.79 Å². The molecule has 0 N–H and O–H groups in total. The molecule has 0 aromatic carbocycles. The van der Waals surface area contributed by atoms with E-state index in [4.69, 9.17) is 0 Å². The molecule has 1 fully saturated rings. The van der Waals surface area contributed by atoms with Gasteiger partial charge >= 0.3 is 0 Å². The number of hydrogen-bond donors (Lipinski definition) is 0. The molecule has 0 unspecified atom stereocenters. The van der Waals surface area contributed by atoms with Gasteiger partial charge in [0, 0.05) is 70.0 Å². The van der Waals surface area contributed by atoms with E-state index in [1.54, 1.807) is 24.5 Å². The summed E-state index contributed by atoms with van der Waals surface area (Å²) in [4.78, 5) is 31.6. The van der Waals surface area contributed by atoms with Crippen LogP contribution in [0.25, 0.3) is 0 Å². The minimum atomic E-state index is 0.0520. The molecular formula is C17H22N6O. The summed E-state index contributed by atoms with van der Waals surface area (Å²) in [7, 11) is 3.94. The van der Waals surface area contributed by atoms with E-state index in [0.717, 1.165) is 30.5 Å². The standard InChI is InChI=1S/C17H22N6O/c1-13-12-15(21(2)3)20-17(19-13)23-10-8-22(9-11-23)16(24)14-4-6-18-7-5-14/h4-7,12H,8-11H2,1-3H3. The third kappa shape index (κ3) is 3.45. The highest BCUT2D eigenvalue weighted by Crippen LogP contribution is 2.18. The van der Waals surface area contributed by atoms with Gasteiger partial charge in [0.25, 0.3) is 5.91 Å². The number of carbonyl (C=O) groups is 1. The second-order valence-electron chi connectivity index (χ2n) is 6.08. The summed E-state index contributed by atoms with van der Waals surface area (Å²) in [6, 6.07) is 5.47. The Morgan fingerprint density at radius 3 is 2.38 bits per heavy atom. The number of aromatic nitrogens is 3. The molecule has 0 atom stereocenters. The molecular weight excluding hydrogens is 304 g/mol. The van der Waals surface area contributed by atoms with Crippen LogP contribution in [0.2, 0.25) is 0 Å². The van der Waals surface area contributed by atoms with Gasteiger partial charge in [0.05, 0.1) is 0 Å². The quantitative estimate of drug-likeness (QED) is 0.845. The average molecular weight is 326 g/mol. The largest absolute Gasteiger partial charge is 0.363 e. The lowest BCUT2D eigenvalue weighted by Gasteiger charge is -2.35. The van der Waals surface area contributed by atoms with E-state index in [1.807, 2.05) is 36.9 Å². The van der Waals surface area contributed by atoms with Crippen molar-refractivity contribution in [3.05, 3.63) is 41.9 Å². The number of anilines is 2. The van der Waals surface area contributed by atoms with Gasteiger partial charge in [-0.3, -0.25) is 9.78 Å². The highest BCUT2D eigenvalue weighted by Gasteiger charge is 2.23. The zero-order valence-corrected chi connectivity index (χ0v) is 14.3. The third-order valence-electron chi connectivity index (χ3n) is 4.06. The van der Waals surface area contributed by atoms with Crippen LogP contribution in [0.15, 0.2) is 30.6 Å². The molecule has 0 bridgehead atoms. The predicted octanol–water partition coefficient (Wildman–Crippen LogP) is 1.21. The Balaban J connectivity index is 1.68. The highest BCUT2D eigenvalue weighted by atomic mass is 16.2. The number of pyridine rings is 1. The van der Waals surface area contributed by atoms with E-state index < -0.39 is 0 Å². The van der Waals surface area contributed by atoms with Crippen molar-refractivity contribution in [2.45, 2.75) is 6.92 Å². The van der Waals surface area contributed by atoms with Gasteiger partial charge in [-0.25, -0.2) is 4.98 Å². The maximum atomic E-state index is 12.5. The Labute approximate surface area is 142 Å². The molecule has 2 aromatic heterocycles. The van der Waals surface area contributed by atoms with Crippen LogP contribution in [0.1, 0.15) is 16.1 Å². The van der Waals surface area contributed by atoms with Crippen molar-refractivity contribution >= 4 is 17.7 Å². The van der Waals surface area contributed by atoms with Gasteiger partial charge in [-0.05, 0) is 19.1 Å². The molecule has 24 heavy (non-hydrogen) atoms. The smallest absolute Gasteiger partial charge is 0.254 e. The van der Waals surface area contributed by atoms with Crippen LogP contribution in [-0.4, -0.2) is 66.0 Å². The van der Waals surface area contributed by atoms with E-state index in [9.17, 15) is 4.79 Å². The summed E-state index contributed by atoms with van der Waals surface area (Å²) in [5.41, 5.74) is 1.62. The fourth-order valence-corrected chi connectivity index (χ4v) is 2.69. The Kier molecular flexibility index (Phi) is 4.59. The number of hydrogen-bond acceptors (Lipinski definition) is 6. The Morgan fingerprint density at radius 2 is 1.75 bits per heavy atom. The summed E-state index contributed by atoms with van der Waals surface area (Å²) in [6.45, 7) is 4.76. The van der Waals surface area contributed by atoms with Gasteiger partial charge in [0.2, 0.25) is 5.95 Å². The number of carbonyl (C=O) groups excluding carboxylic acids is 1. The van der Waals surface area contributed by atoms with Crippen LogP contribution >= 0.6 is 0 Å². The Bertz CT molecular complexity index is 710. The highest BCUT2D eigenvalue weighted by molar-refractivity contribution is 5.94. The number of nitrogens with zero attached hydrogens (tertiary/aromatic N) is 6. The van der Waals surface area contributed by atoms with E-state index in [-0.39, 0.29) is 5.91 Å². The number of rotatable bonds is 3. The fraction of sp³-hybridized carbons (Fsp3) is 0.412. The maximum absolute atomic E-state index is 12.5. The lowest BCUT2D eigenvalue weighted by molar-refractivity contribution is 0.0746. The molecule has 0 radical (unpaired) electrons. The summed E-state index contributed by atoms with van der Waals surface area (Å²) < 4.78 is 0. The topological polar surface area (TPSA) is 65.5 Å². The molecule has 0 saturated carbocycles. The SMILES string of the molecule is Cc1cc(N(C)C)nc(N2CCN(C(=O)c3ccncc3)CC2)n1. The zero-order valence-electron chi connectivity index (χ0n) is 14.3. The summed E-state index contributed by atoms with van der Waals surface area (Å²) in [5, 5.41) is 0. The predicted molar refractivity (Wildman–Crippen MR) is 93.4 cm³/mol. The molecule has 0 aliphatic carbocycles. The van der Waals surface area contributed by atoms with Crippen LogP contribution in [0, 0.1) is 6.92 Å². The second-order valence-corrected chi connectivity index (χ2v) is 6.08. The molecule has 0 spiro atoms. The van der Waals surface area contributed by atoms with Crippen LogP contribution in [0.4, 0.5) is 11.8 Å². The molecule has 3 rings (SSSR count). The van der Waals surface area contributed by atoms with Gasteiger partial charge in [-0.2, -0.15) is 4.98 Å². The van der Waals surface area contributed by atoms with Gasteiger partial charge < -0.3 is 14.7 Å². The molecule has 1 aliphatic rings. The number of aryl methyl sites for hydroxylation is 1. The van der Waals surface area contributed by atoms with Gasteiger partial charge in [0.15, 0.2) is 0 Å². The monoisotopic (exact) mass is 326 g/mol. The first-order valence-corrected chi connectivity index (χ1v) is 8.02. The van der Waals surface area contributed by atoms with Gasteiger partial charge in [-0.1, -0.05) is 0 Å². The van der Waals surface area contributed by atoms with Gasteiger partial charge in [-0.15, -0.1) is 0 Å². The summed E-state index contributed by atoms with van der Waals surface area (Å²) in [6.07, 6.45) is 3.29. The van der Waals surface area contributed by atoms with Crippen LogP contribution < -0.4 is 9.80 Å². The van der Waals surface area contributed by atoms with E-state index in [1.165, 1.54) is 0 Å². The zero-order chi connectivity index (χ0) is 17.1. The lowest BCUT2D eigenvalue weighted by atomic mass is 10.2. The van der Waals surface area contributed by atoms with Crippen molar-refractivity contribution in [1.82, 2.24) is 19.9 Å². The third-order valence-corrected chi connectivity index (χ3v) is 4.06. The minimum Gasteiger partial charge on any atom is -0.363 e. The molecule has 7 heteroatoms. The first-order valence-electron chi connectivity index (χ1n) is 8.02. The minimum absolute atomic E-state index is 0.0520. The molecule has 2 aromatic rings. The van der Waals surface area contributed by atoms with Crippen LogP contribution in [0.3, 0.4) is 0 Å². The molecule has 7 nitrogen and oxygen atoms in total. The Morgan fingerprint density at radius 1 is 1.08 bits per heavy atom. The molecule has 1 saturated heterocycles. The number of amides is 1. The van der Waals surface area contributed by atoms with Crippen molar-refractivity contribution in [3.8, 4) is 0 Å². The average Bonchev–Trinajstić information content (AvgIpc) is 2.61. The molecule has 126 valence electrons. The van der Waals surface area contributed by atoms with Crippen molar-refractivity contribution in [2.24, 2.45) is 0 Å². The van der Waals surface area contributed by atoms with E-state index in [0.29, 0.717) is 18.7 Å². The fourth-order valence-electron chi connectivity index (χ4n) is 2.69. The Hall–Kier alpha value is -2.70. The van der Waals surface area contributed by atoms with Crippen molar-refractivity contribution in [1.29, 1.82) is 0 Å². The summed E-state index contributed by atoms with van der Waals surface area (Å²) >= 11 is 0. The van der Waals surface area contributed by atoms with Crippen molar-refractivity contribution in [2.75, 3.05) is 50.1 Å². The van der Waals surface area contributed by atoms with Crippen LogP contribution in [-0.2, 0) is 0 Å². The molecule has 1 aliphatic heterocycles. The van der Waals surface area contributed by atoms with Crippen LogP contribution in [0.5, 0.6) is 0 Å². The second kappa shape index (κ2) is 6.82. The maximum Gasteiger partial charge on any atom is 0.254 e. The first kappa shape index (κ1) is 16.2. The molecule has 1 amide bonds. The first-order chi connectivity index (χ1) is 11.5. The lowest BCUT2D eigenvalue weighted by Crippen LogP contribution is -2.49. The summed E-state index contributed by atoms with van der Waals surface area (Å²) in [5.74, 6) is 1.68. The number of piperazine rings is 1. The van der Waals surface area contributed by atoms with Crippen molar-refractivity contribution in [3.63, 3.8) is 0 Å².